The second kappa shape index (κ2) is 11.5. The number of piperidine rings is 1. The van der Waals surface area contributed by atoms with Crippen molar-refractivity contribution in [3.8, 4) is 22.6 Å². The van der Waals surface area contributed by atoms with Gasteiger partial charge in [-0.15, -0.1) is 0 Å². The number of nitrogens with zero attached hydrogens (tertiary/aromatic N) is 3. The molecular weight excluding hydrogens is 432 g/mol. The van der Waals surface area contributed by atoms with Crippen LogP contribution < -0.4 is 14.8 Å². The number of likely N-dealkylation sites (tertiary alicyclic amines) is 1. The highest BCUT2D eigenvalue weighted by molar-refractivity contribution is 5.67. The molecule has 34 heavy (non-hydrogen) atoms. The Balaban J connectivity index is 1.21. The molecule has 0 spiro atoms. The van der Waals surface area contributed by atoms with Crippen LogP contribution in [0.1, 0.15) is 19.3 Å². The number of nitrogens with one attached hydrogen (secondary N) is 1. The fourth-order valence-electron chi connectivity index (χ4n) is 4.04. The molecule has 0 radical (unpaired) electrons. The van der Waals surface area contributed by atoms with Gasteiger partial charge in [0.2, 0.25) is 5.95 Å². The van der Waals surface area contributed by atoms with Gasteiger partial charge in [-0.05, 0) is 73.8 Å². The molecule has 0 atom stereocenters. The van der Waals surface area contributed by atoms with Crippen LogP contribution in [0.2, 0.25) is 0 Å². The summed E-state index contributed by atoms with van der Waals surface area (Å²) in [5, 5.41) is 12.1. The van der Waals surface area contributed by atoms with Gasteiger partial charge < -0.3 is 19.9 Å². The van der Waals surface area contributed by atoms with E-state index in [4.69, 9.17) is 14.6 Å². The van der Waals surface area contributed by atoms with E-state index >= 15 is 0 Å². The zero-order valence-electron chi connectivity index (χ0n) is 19.3. The van der Waals surface area contributed by atoms with E-state index in [1.165, 1.54) is 0 Å². The number of aliphatic carboxylic acids is 1. The monoisotopic (exact) mass is 462 g/mol. The second-order valence-electron chi connectivity index (χ2n) is 8.40. The molecule has 0 aliphatic carbocycles. The number of aromatic nitrogens is 2. The Morgan fingerprint density at radius 1 is 1.00 bits per heavy atom. The lowest BCUT2D eigenvalue weighted by Crippen LogP contribution is -2.37. The fourth-order valence-corrected chi connectivity index (χ4v) is 4.04. The van der Waals surface area contributed by atoms with Gasteiger partial charge >= 0.3 is 5.97 Å². The summed E-state index contributed by atoms with van der Waals surface area (Å²) in [6.07, 6.45) is 5.74. The Labute approximate surface area is 199 Å². The molecule has 1 fully saturated rings. The molecule has 1 aliphatic heterocycles. The summed E-state index contributed by atoms with van der Waals surface area (Å²) in [5.74, 6) is 1.75. The van der Waals surface area contributed by atoms with Crippen molar-refractivity contribution >= 4 is 17.6 Å². The van der Waals surface area contributed by atoms with E-state index in [0.717, 1.165) is 60.8 Å². The smallest absolute Gasteiger partial charge is 0.303 e. The number of carbonyl (C=O) groups is 1. The zero-order chi connectivity index (χ0) is 23.8. The number of carboxylic acid groups (broad SMARTS) is 1. The van der Waals surface area contributed by atoms with Crippen LogP contribution in [-0.2, 0) is 4.79 Å². The minimum absolute atomic E-state index is 0.280. The standard InChI is InChI=1S/C26H30N4O4/c1-33-23-6-2-20(3-7-23)21-17-27-26(28-18-21)29-22-4-8-24(9-5-22)34-15-14-30-12-10-19(11-13-30)16-25(31)32/h2-9,17-19H,10-16H2,1H3,(H,31,32)(H,27,28,29). The topological polar surface area (TPSA) is 96.8 Å². The number of methoxy groups -OCH3 is 1. The third-order valence-electron chi connectivity index (χ3n) is 6.03. The van der Waals surface area contributed by atoms with E-state index in [2.05, 4.69) is 20.2 Å². The first-order valence-corrected chi connectivity index (χ1v) is 11.5. The summed E-state index contributed by atoms with van der Waals surface area (Å²) < 4.78 is 11.1. The average molecular weight is 463 g/mol. The molecule has 1 saturated heterocycles. The summed E-state index contributed by atoms with van der Waals surface area (Å²) in [6.45, 7) is 3.31. The number of hydrogen-bond acceptors (Lipinski definition) is 7. The van der Waals surface area contributed by atoms with Crippen LogP contribution in [0.4, 0.5) is 11.6 Å². The van der Waals surface area contributed by atoms with Crippen LogP contribution in [0.5, 0.6) is 11.5 Å². The van der Waals surface area contributed by atoms with Gasteiger partial charge in [0.25, 0.3) is 0 Å². The molecule has 8 heteroatoms. The molecule has 2 N–H and O–H groups in total. The Morgan fingerprint density at radius 3 is 2.26 bits per heavy atom. The molecule has 2 heterocycles. The maximum atomic E-state index is 10.8. The lowest BCUT2D eigenvalue weighted by Gasteiger charge is -2.31. The van der Waals surface area contributed by atoms with Crippen LogP contribution in [0, 0.1) is 5.92 Å². The number of rotatable bonds is 10. The molecule has 0 amide bonds. The average Bonchev–Trinajstić information content (AvgIpc) is 2.86. The van der Waals surface area contributed by atoms with Crippen LogP contribution >= 0.6 is 0 Å². The summed E-state index contributed by atoms with van der Waals surface area (Å²) >= 11 is 0. The number of benzene rings is 2. The van der Waals surface area contributed by atoms with Gasteiger partial charge in [-0.2, -0.15) is 0 Å². The van der Waals surface area contributed by atoms with Gasteiger partial charge in [-0.3, -0.25) is 9.69 Å². The number of carboxylic acids is 1. The van der Waals surface area contributed by atoms with Crippen molar-refractivity contribution < 1.29 is 19.4 Å². The fraction of sp³-hybridized carbons (Fsp3) is 0.346. The van der Waals surface area contributed by atoms with Crippen LogP contribution in [0.25, 0.3) is 11.1 Å². The van der Waals surface area contributed by atoms with E-state index in [9.17, 15) is 4.79 Å². The van der Waals surface area contributed by atoms with Gasteiger partial charge in [0, 0.05) is 36.6 Å². The van der Waals surface area contributed by atoms with Crippen LogP contribution in [0.3, 0.4) is 0 Å². The highest BCUT2D eigenvalue weighted by Crippen LogP contribution is 2.23. The van der Waals surface area contributed by atoms with Gasteiger partial charge in [0.15, 0.2) is 0 Å². The molecular formula is C26H30N4O4. The van der Waals surface area contributed by atoms with Crippen molar-refractivity contribution in [1.82, 2.24) is 14.9 Å². The Kier molecular flexibility index (Phi) is 7.93. The van der Waals surface area contributed by atoms with Crippen molar-refractivity contribution in [2.75, 3.05) is 38.7 Å². The van der Waals surface area contributed by atoms with E-state index < -0.39 is 5.97 Å². The summed E-state index contributed by atoms with van der Waals surface area (Å²) in [7, 11) is 1.65. The molecule has 0 unspecified atom stereocenters. The second-order valence-corrected chi connectivity index (χ2v) is 8.40. The third-order valence-corrected chi connectivity index (χ3v) is 6.03. The number of ether oxygens (including phenoxy) is 2. The molecule has 0 saturated carbocycles. The van der Waals surface area contributed by atoms with E-state index in [-0.39, 0.29) is 6.42 Å². The molecule has 1 aliphatic rings. The minimum atomic E-state index is -0.697. The third kappa shape index (κ3) is 6.68. The Morgan fingerprint density at radius 2 is 1.65 bits per heavy atom. The molecule has 0 bridgehead atoms. The summed E-state index contributed by atoms with van der Waals surface area (Å²) in [6, 6.07) is 15.5. The lowest BCUT2D eigenvalue weighted by molar-refractivity contribution is -0.138. The van der Waals surface area contributed by atoms with Gasteiger partial charge in [-0.1, -0.05) is 12.1 Å². The maximum Gasteiger partial charge on any atom is 0.303 e. The lowest BCUT2D eigenvalue weighted by atomic mass is 9.94. The number of hydrogen-bond donors (Lipinski definition) is 2. The Bertz CT molecular complexity index is 1050. The molecule has 178 valence electrons. The first kappa shape index (κ1) is 23.5. The van der Waals surface area contributed by atoms with E-state index in [0.29, 0.717) is 18.5 Å². The van der Waals surface area contributed by atoms with Gasteiger partial charge in [-0.25, -0.2) is 9.97 Å². The molecule has 1 aromatic heterocycles. The normalized spacial score (nSPS) is 14.5. The van der Waals surface area contributed by atoms with Crippen molar-refractivity contribution in [2.24, 2.45) is 5.92 Å². The molecule has 8 nitrogen and oxygen atoms in total. The SMILES string of the molecule is COc1ccc(-c2cnc(Nc3ccc(OCCN4CCC(CC(=O)O)CC4)cc3)nc2)cc1. The maximum absolute atomic E-state index is 10.8. The first-order chi connectivity index (χ1) is 16.6. The largest absolute Gasteiger partial charge is 0.497 e. The number of anilines is 2. The predicted molar refractivity (Wildman–Crippen MR) is 131 cm³/mol. The summed E-state index contributed by atoms with van der Waals surface area (Å²) in [5.41, 5.74) is 2.84. The Hall–Kier alpha value is -3.65. The van der Waals surface area contributed by atoms with Gasteiger partial charge in [0.05, 0.1) is 7.11 Å². The first-order valence-electron chi connectivity index (χ1n) is 11.5. The molecule has 2 aromatic carbocycles. The zero-order valence-corrected chi connectivity index (χ0v) is 19.3. The molecule has 3 aromatic rings. The van der Waals surface area contributed by atoms with Crippen LogP contribution in [0.15, 0.2) is 60.9 Å². The van der Waals surface area contributed by atoms with Crippen LogP contribution in [-0.4, -0.2) is 59.3 Å². The van der Waals surface area contributed by atoms with Crippen molar-refractivity contribution in [1.29, 1.82) is 0 Å². The van der Waals surface area contributed by atoms with E-state index in [1.54, 1.807) is 19.5 Å². The highest BCUT2D eigenvalue weighted by atomic mass is 16.5. The summed E-state index contributed by atoms with van der Waals surface area (Å²) in [4.78, 5) is 22.0. The van der Waals surface area contributed by atoms with Gasteiger partial charge in [0.1, 0.15) is 18.1 Å². The van der Waals surface area contributed by atoms with Crippen molar-refractivity contribution in [3.05, 3.63) is 60.9 Å². The quantitative estimate of drug-likeness (QED) is 0.456. The minimum Gasteiger partial charge on any atom is -0.497 e. The predicted octanol–water partition coefficient (Wildman–Crippen LogP) is 4.46. The van der Waals surface area contributed by atoms with Crippen molar-refractivity contribution in [2.45, 2.75) is 19.3 Å². The molecule has 4 rings (SSSR count). The highest BCUT2D eigenvalue weighted by Gasteiger charge is 2.21. The van der Waals surface area contributed by atoms with E-state index in [1.807, 2.05) is 48.5 Å². The van der Waals surface area contributed by atoms with Crippen molar-refractivity contribution in [3.63, 3.8) is 0 Å².